The van der Waals surface area contributed by atoms with Crippen LogP contribution in [0.3, 0.4) is 0 Å². The van der Waals surface area contributed by atoms with Gasteiger partial charge < -0.3 is 14.6 Å². The van der Waals surface area contributed by atoms with E-state index in [0.717, 1.165) is 0 Å². The molecular weight excluding hydrogens is 278 g/mol. The molecule has 0 bridgehead atoms. The van der Waals surface area contributed by atoms with Gasteiger partial charge >= 0.3 is 6.09 Å². The molecule has 0 saturated carbocycles. The van der Waals surface area contributed by atoms with Gasteiger partial charge in [-0.1, -0.05) is 0 Å². The van der Waals surface area contributed by atoms with E-state index in [1.54, 1.807) is 20.8 Å². The molecule has 1 atom stereocenters. The van der Waals surface area contributed by atoms with Gasteiger partial charge in [-0.05, 0) is 27.2 Å². The summed E-state index contributed by atoms with van der Waals surface area (Å²) in [7, 11) is 1.43. The Kier molecular flexibility index (Phi) is 5.86. The Hall–Kier alpha value is -1.93. The van der Waals surface area contributed by atoms with Gasteiger partial charge in [-0.2, -0.15) is 5.06 Å². The number of hydrogen-bond donors (Lipinski definition) is 2. The second kappa shape index (κ2) is 7.19. The van der Waals surface area contributed by atoms with Crippen LogP contribution in [0.5, 0.6) is 5.88 Å². The zero-order chi connectivity index (χ0) is 16.0. The van der Waals surface area contributed by atoms with Gasteiger partial charge in [0.1, 0.15) is 11.6 Å². The Bertz CT molecular complexity index is 475. The molecule has 1 heterocycles. The summed E-state index contributed by atoms with van der Waals surface area (Å²) in [5, 5.41) is 19.6. The van der Waals surface area contributed by atoms with Crippen LogP contribution in [0, 0.1) is 0 Å². The first-order valence-corrected chi connectivity index (χ1v) is 6.46. The largest absolute Gasteiger partial charge is 0.480 e. The number of carbonyl (C=O) groups excluding carboxylic acids is 1. The first-order valence-electron chi connectivity index (χ1n) is 6.46. The zero-order valence-electron chi connectivity index (χ0n) is 12.6. The first kappa shape index (κ1) is 17.1. The molecule has 0 radical (unpaired) electrons. The predicted octanol–water partition coefficient (Wildman–Crippen LogP) is 1.54. The molecule has 1 aromatic rings. The molecule has 0 aliphatic rings. The number of hydrogen-bond acceptors (Lipinski definition) is 7. The summed E-state index contributed by atoms with van der Waals surface area (Å²) in [5.74, 6) is 0.244. The maximum atomic E-state index is 11.9. The topological polar surface area (TPSA) is 105 Å². The molecule has 0 spiro atoms. The van der Waals surface area contributed by atoms with Crippen molar-refractivity contribution in [1.29, 1.82) is 0 Å². The molecule has 21 heavy (non-hydrogen) atoms. The second-order valence-electron chi connectivity index (χ2n) is 5.34. The molecule has 0 aliphatic heterocycles. The molecule has 0 saturated heterocycles. The highest BCUT2D eigenvalue weighted by molar-refractivity contribution is 5.67. The lowest BCUT2D eigenvalue weighted by Crippen LogP contribution is -2.37. The van der Waals surface area contributed by atoms with Crippen molar-refractivity contribution in [2.45, 2.75) is 38.8 Å². The number of ether oxygens (including phenoxy) is 2. The van der Waals surface area contributed by atoms with Gasteiger partial charge in [-0.3, -0.25) is 10.2 Å². The van der Waals surface area contributed by atoms with Crippen LogP contribution in [-0.2, 0) is 4.74 Å². The number of aliphatic hydroxyl groups is 1. The van der Waals surface area contributed by atoms with Crippen molar-refractivity contribution in [1.82, 2.24) is 15.0 Å². The fourth-order valence-electron chi connectivity index (χ4n) is 1.57. The van der Waals surface area contributed by atoms with Gasteiger partial charge in [-0.15, -0.1) is 0 Å². The fraction of sp³-hybridized carbons (Fsp3) is 0.615. The lowest BCUT2D eigenvalue weighted by atomic mass is 10.1. The Morgan fingerprint density at radius 2 is 2.10 bits per heavy atom. The van der Waals surface area contributed by atoms with Gasteiger partial charge in [0, 0.05) is 6.61 Å². The minimum absolute atomic E-state index is 0.0809. The maximum Gasteiger partial charge on any atom is 0.434 e. The van der Waals surface area contributed by atoms with E-state index in [9.17, 15) is 10.0 Å². The lowest BCUT2D eigenvalue weighted by Gasteiger charge is -2.28. The third-order valence-corrected chi connectivity index (χ3v) is 2.46. The molecule has 8 heteroatoms. The number of aliphatic hydroxyl groups excluding tert-OH is 1. The molecule has 0 aliphatic carbocycles. The quantitative estimate of drug-likeness (QED) is 0.627. The number of nitrogens with zero attached hydrogens (tertiary/aromatic N) is 3. The van der Waals surface area contributed by atoms with Crippen molar-refractivity contribution >= 4 is 6.09 Å². The number of aromatic nitrogens is 2. The molecule has 1 amide bonds. The fourth-order valence-corrected chi connectivity index (χ4v) is 1.57. The van der Waals surface area contributed by atoms with Gasteiger partial charge in [0.15, 0.2) is 0 Å². The summed E-state index contributed by atoms with van der Waals surface area (Å²) in [4.78, 5) is 19.9. The maximum absolute atomic E-state index is 11.9. The zero-order valence-corrected chi connectivity index (χ0v) is 12.6. The van der Waals surface area contributed by atoms with Gasteiger partial charge in [-0.25, -0.2) is 9.78 Å². The summed E-state index contributed by atoms with van der Waals surface area (Å²) in [6.45, 7) is 4.81. The van der Waals surface area contributed by atoms with Crippen LogP contribution < -0.4 is 4.74 Å². The summed E-state index contributed by atoms with van der Waals surface area (Å²) in [5.41, 5.74) is -0.459. The molecule has 2 N–H and O–H groups in total. The Morgan fingerprint density at radius 3 is 2.62 bits per heavy atom. The van der Waals surface area contributed by atoms with Crippen molar-refractivity contribution in [3.63, 3.8) is 0 Å². The first-order chi connectivity index (χ1) is 9.78. The number of methoxy groups -OCH3 is 1. The number of rotatable bonds is 5. The van der Waals surface area contributed by atoms with Crippen molar-refractivity contribution in [3.05, 3.63) is 18.1 Å². The number of amides is 1. The summed E-state index contributed by atoms with van der Waals surface area (Å²) in [6.07, 6.45) is 1.94. The predicted molar refractivity (Wildman–Crippen MR) is 72.9 cm³/mol. The van der Waals surface area contributed by atoms with Gasteiger partial charge in [0.25, 0.3) is 0 Å². The minimum Gasteiger partial charge on any atom is -0.480 e. The van der Waals surface area contributed by atoms with Gasteiger partial charge in [0.05, 0.1) is 25.2 Å². The van der Waals surface area contributed by atoms with E-state index in [2.05, 4.69) is 9.97 Å². The Morgan fingerprint density at radius 1 is 1.43 bits per heavy atom. The van der Waals surface area contributed by atoms with E-state index in [0.29, 0.717) is 5.06 Å². The lowest BCUT2D eigenvalue weighted by molar-refractivity contribution is -0.126. The van der Waals surface area contributed by atoms with Crippen LogP contribution in [0.1, 0.15) is 38.9 Å². The smallest absolute Gasteiger partial charge is 0.434 e. The minimum atomic E-state index is -0.925. The summed E-state index contributed by atoms with van der Waals surface area (Å²) < 4.78 is 10.0. The SMILES string of the molecule is COc1cncc([C@H](CCO)N(O)C(=O)OC(C)(C)C)n1. The summed E-state index contributed by atoms with van der Waals surface area (Å²) in [6, 6.07) is -0.882. The van der Waals surface area contributed by atoms with Crippen LogP contribution in [-0.4, -0.2) is 50.8 Å². The molecule has 1 aromatic heterocycles. The highest BCUT2D eigenvalue weighted by atomic mass is 16.6. The Balaban J connectivity index is 2.96. The highest BCUT2D eigenvalue weighted by Crippen LogP contribution is 2.24. The third kappa shape index (κ3) is 5.16. The van der Waals surface area contributed by atoms with Crippen molar-refractivity contribution in [2.24, 2.45) is 0 Å². The molecule has 1 rings (SSSR count). The average Bonchev–Trinajstić information content (AvgIpc) is 2.42. The van der Waals surface area contributed by atoms with E-state index in [1.165, 1.54) is 19.5 Å². The van der Waals surface area contributed by atoms with E-state index >= 15 is 0 Å². The van der Waals surface area contributed by atoms with Crippen molar-refractivity contribution in [2.75, 3.05) is 13.7 Å². The normalized spacial score (nSPS) is 12.7. The van der Waals surface area contributed by atoms with E-state index in [-0.39, 0.29) is 24.6 Å². The van der Waals surface area contributed by atoms with Crippen LogP contribution in [0.2, 0.25) is 0 Å². The number of carbonyl (C=O) groups is 1. The molecule has 0 unspecified atom stereocenters. The summed E-state index contributed by atoms with van der Waals surface area (Å²) >= 11 is 0. The van der Waals surface area contributed by atoms with Crippen LogP contribution >= 0.6 is 0 Å². The third-order valence-electron chi connectivity index (χ3n) is 2.46. The van der Waals surface area contributed by atoms with E-state index in [4.69, 9.17) is 14.6 Å². The van der Waals surface area contributed by atoms with Gasteiger partial charge in [0.2, 0.25) is 5.88 Å². The monoisotopic (exact) mass is 299 g/mol. The molecular formula is C13H21N3O5. The van der Waals surface area contributed by atoms with Crippen LogP contribution in [0.15, 0.2) is 12.4 Å². The molecule has 0 aromatic carbocycles. The molecule has 8 nitrogen and oxygen atoms in total. The second-order valence-corrected chi connectivity index (χ2v) is 5.34. The van der Waals surface area contributed by atoms with Crippen LogP contribution in [0.25, 0.3) is 0 Å². The van der Waals surface area contributed by atoms with Crippen LogP contribution in [0.4, 0.5) is 4.79 Å². The van der Waals surface area contributed by atoms with Crippen molar-refractivity contribution < 1.29 is 24.6 Å². The standard InChI is InChI=1S/C13H21N3O5/c1-13(2,3)21-12(18)16(19)10(5-6-17)9-7-14-8-11(15-9)20-4/h7-8,10,17,19H,5-6H2,1-4H3/t10-/m0/s1. The van der Waals surface area contributed by atoms with E-state index in [1.807, 2.05) is 0 Å². The average molecular weight is 299 g/mol. The van der Waals surface area contributed by atoms with Crippen molar-refractivity contribution in [3.8, 4) is 5.88 Å². The molecule has 118 valence electrons. The van der Waals surface area contributed by atoms with E-state index < -0.39 is 17.7 Å². The molecule has 0 fully saturated rings. The highest BCUT2D eigenvalue weighted by Gasteiger charge is 2.29. The number of hydroxylamine groups is 2. The Labute approximate surface area is 123 Å².